The van der Waals surface area contributed by atoms with Crippen molar-refractivity contribution in [2.45, 2.75) is 26.8 Å². The highest BCUT2D eigenvalue weighted by Gasteiger charge is 2.18. The van der Waals surface area contributed by atoms with Gasteiger partial charge in [0.15, 0.2) is 5.65 Å². The molecule has 0 aliphatic rings. The Balaban J connectivity index is 2.62. The first-order chi connectivity index (χ1) is 9.41. The number of aryl methyl sites for hydroxylation is 2. The average Bonchev–Trinajstić information content (AvgIpc) is 2.64. The molecule has 0 N–H and O–H groups in total. The molecule has 0 unspecified atom stereocenters. The summed E-state index contributed by atoms with van der Waals surface area (Å²) in [6.07, 6.45) is 0. The second-order valence-electron chi connectivity index (χ2n) is 5.30. The molecule has 3 rings (SSSR count). The van der Waals surface area contributed by atoms with E-state index in [-0.39, 0.29) is 11.7 Å². The van der Waals surface area contributed by atoms with Crippen LogP contribution in [-0.4, -0.2) is 19.3 Å². The van der Waals surface area contributed by atoms with Crippen LogP contribution in [0.4, 0.5) is 0 Å². The van der Waals surface area contributed by atoms with Crippen molar-refractivity contribution in [2.75, 3.05) is 0 Å². The highest BCUT2D eigenvalue weighted by molar-refractivity contribution is 9.10. The minimum Gasteiger partial charge on any atom is -0.287 e. The lowest BCUT2D eigenvalue weighted by Crippen LogP contribution is -2.23. The predicted octanol–water partition coefficient (Wildman–Crippen LogP) is 2.94. The highest BCUT2D eigenvalue weighted by Crippen LogP contribution is 2.28. The molecule has 0 spiro atoms. The van der Waals surface area contributed by atoms with Crippen molar-refractivity contribution in [1.82, 2.24) is 19.3 Å². The van der Waals surface area contributed by atoms with E-state index in [1.54, 1.807) is 16.2 Å². The summed E-state index contributed by atoms with van der Waals surface area (Å²) in [6.45, 7) is 6.00. The molecular weight excluding hydrogens is 320 g/mol. The van der Waals surface area contributed by atoms with E-state index >= 15 is 0 Å². The summed E-state index contributed by atoms with van der Waals surface area (Å²) >= 11 is 3.55. The fourth-order valence-electron chi connectivity index (χ4n) is 2.50. The van der Waals surface area contributed by atoms with Gasteiger partial charge in [0.05, 0.1) is 5.52 Å². The van der Waals surface area contributed by atoms with E-state index in [1.807, 2.05) is 32.9 Å². The predicted molar refractivity (Wildman–Crippen MR) is 83.1 cm³/mol. The summed E-state index contributed by atoms with van der Waals surface area (Å²) in [4.78, 5) is 12.4. The van der Waals surface area contributed by atoms with Crippen molar-refractivity contribution in [2.24, 2.45) is 7.05 Å². The molecule has 1 aromatic carbocycles. The molecule has 0 aliphatic carbocycles. The molecule has 0 atom stereocenters. The Morgan fingerprint density at radius 1 is 1.25 bits per heavy atom. The van der Waals surface area contributed by atoms with Gasteiger partial charge in [0.2, 0.25) is 0 Å². The molecule has 0 bridgehead atoms. The smallest absolute Gasteiger partial charge is 0.287 e. The first kappa shape index (κ1) is 13.3. The fourth-order valence-corrected chi connectivity index (χ4v) is 2.84. The normalized spacial score (nSPS) is 11.9. The molecule has 20 heavy (non-hydrogen) atoms. The van der Waals surface area contributed by atoms with E-state index in [1.165, 1.54) is 0 Å². The summed E-state index contributed by atoms with van der Waals surface area (Å²) in [5, 5.41) is 9.41. The van der Waals surface area contributed by atoms with Gasteiger partial charge >= 0.3 is 5.69 Å². The zero-order chi connectivity index (χ0) is 14.6. The zero-order valence-corrected chi connectivity index (χ0v) is 13.4. The number of imidazole rings is 1. The van der Waals surface area contributed by atoms with Crippen LogP contribution in [0.5, 0.6) is 0 Å². The maximum atomic E-state index is 12.4. The van der Waals surface area contributed by atoms with Gasteiger partial charge in [0.1, 0.15) is 5.52 Å². The van der Waals surface area contributed by atoms with E-state index in [0.717, 1.165) is 26.5 Å². The van der Waals surface area contributed by atoms with Crippen LogP contribution in [0.1, 0.15) is 25.5 Å². The van der Waals surface area contributed by atoms with Gasteiger partial charge in [-0.3, -0.25) is 9.13 Å². The zero-order valence-electron chi connectivity index (χ0n) is 11.8. The number of nitrogens with zero attached hydrogens (tertiary/aromatic N) is 4. The van der Waals surface area contributed by atoms with Crippen molar-refractivity contribution in [3.8, 4) is 0 Å². The molecule has 0 aliphatic heterocycles. The van der Waals surface area contributed by atoms with Crippen LogP contribution in [0.2, 0.25) is 0 Å². The second kappa shape index (κ2) is 4.41. The third-order valence-electron chi connectivity index (χ3n) is 3.56. The highest BCUT2D eigenvalue weighted by atomic mass is 79.9. The molecule has 0 amide bonds. The number of aromatic nitrogens is 4. The lowest BCUT2D eigenvalue weighted by molar-refractivity contribution is 0.584. The SMILES string of the molecule is Cc1cc2nnc3c(c2cc1Br)n(C(C)C)c(=O)n3C. The average molecular weight is 335 g/mol. The van der Waals surface area contributed by atoms with Crippen molar-refractivity contribution in [3.05, 3.63) is 32.7 Å². The van der Waals surface area contributed by atoms with Crippen molar-refractivity contribution < 1.29 is 0 Å². The second-order valence-corrected chi connectivity index (χ2v) is 6.15. The lowest BCUT2D eigenvalue weighted by Gasteiger charge is -2.09. The van der Waals surface area contributed by atoms with Crippen LogP contribution in [0.15, 0.2) is 21.4 Å². The number of rotatable bonds is 1. The van der Waals surface area contributed by atoms with Crippen LogP contribution in [0, 0.1) is 6.92 Å². The van der Waals surface area contributed by atoms with Gasteiger partial charge < -0.3 is 0 Å². The molecule has 5 nitrogen and oxygen atoms in total. The quantitative estimate of drug-likeness (QED) is 0.687. The van der Waals surface area contributed by atoms with Gasteiger partial charge in [-0.05, 0) is 38.5 Å². The Bertz CT molecular complexity index is 892. The Labute approximate surface area is 124 Å². The van der Waals surface area contributed by atoms with Crippen molar-refractivity contribution in [3.63, 3.8) is 0 Å². The number of benzene rings is 1. The molecular formula is C14H15BrN4O. The summed E-state index contributed by atoms with van der Waals surface area (Å²) in [5.41, 5.74) is 3.30. The standard InChI is InChI=1S/C14H15BrN4O/c1-7(2)19-12-9-6-10(15)8(3)5-11(9)16-17-13(12)18(4)14(19)20/h5-7H,1-4H3. The Morgan fingerprint density at radius 2 is 1.95 bits per heavy atom. The van der Waals surface area contributed by atoms with Crippen molar-refractivity contribution >= 4 is 38.0 Å². The molecule has 2 heterocycles. The van der Waals surface area contributed by atoms with Gasteiger partial charge in [-0.25, -0.2) is 4.79 Å². The lowest BCUT2D eigenvalue weighted by atomic mass is 10.1. The maximum absolute atomic E-state index is 12.4. The minimum absolute atomic E-state index is 0.0616. The van der Waals surface area contributed by atoms with Crippen LogP contribution in [0.25, 0.3) is 22.1 Å². The molecule has 3 aromatic rings. The van der Waals surface area contributed by atoms with E-state index in [0.29, 0.717) is 5.65 Å². The van der Waals surface area contributed by atoms with Gasteiger partial charge in [-0.1, -0.05) is 15.9 Å². The first-order valence-electron chi connectivity index (χ1n) is 6.45. The maximum Gasteiger partial charge on any atom is 0.330 e. The van der Waals surface area contributed by atoms with Crippen LogP contribution in [-0.2, 0) is 7.05 Å². The Kier molecular flexibility index (Phi) is 2.93. The van der Waals surface area contributed by atoms with Gasteiger partial charge in [-0.15, -0.1) is 10.2 Å². The summed E-state index contributed by atoms with van der Waals surface area (Å²) in [6, 6.07) is 4.06. The molecule has 0 saturated heterocycles. The fraction of sp³-hybridized carbons (Fsp3) is 0.357. The molecule has 6 heteroatoms. The van der Waals surface area contributed by atoms with Gasteiger partial charge in [-0.2, -0.15) is 0 Å². The number of fused-ring (bicyclic) bond motifs is 3. The van der Waals surface area contributed by atoms with Crippen LogP contribution < -0.4 is 5.69 Å². The third-order valence-corrected chi connectivity index (χ3v) is 4.42. The largest absolute Gasteiger partial charge is 0.330 e. The topological polar surface area (TPSA) is 52.7 Å². The Morgan fingerprint density at radius 3 is 2.60 bits per heavy atom. The monoisotopic (exact) mass is 334 g/mol. The molecule has 0 radical (unpaired) electrons. The molecule has 104 valence electrons. The number of halogens is 1. The van der Waals surface area contributed by atoms with E-state index < -0.39 is 0 Å². The summed E-state index contributed by atoms with van der Waals surface area (Å²) < 4.78 is 4.33. The number of hydrogen-bond acceptors (Lipinski definition) is 3. The molecule has 0 saturated carbocycles. The van der Waals surface area contributed by atoms with Crippen LogP contribution >= 0.6 is 15.9 Å². The van der Waals surface area contributed by atoms with Gasteiger partial charge in [0, 0.05) is 22.9 Å². The van der Waals surface area contributed by atoms with E-state index in [9.17, 15) is 4.79 Å². The summed E-state index contributed by atoms with van der Waals surface area (Å²) in [5.74, 6) is 0. The molecule has 0 fully saturated rings. The van der Waals surface area contributed by atoms with Gasteiger partial charge in [0.25, 0.3) is 0 Å². The Hall–Kier alpha value is -1.69. The van der Waals surface area contributed by atoms with E-state index in [4.69, 9.17) is 0 Å². The van der Waals surface area contributed by atoms with Crippen molar-refractivity contribution in [1.29, 1.82) is 0 Å². The van der Waals surface area contributed by atoms with Crippen LogP contribution in [0.3, 0.4) is 0 Å². The third kappa shape index (κ3) is 1.71. The minimum atomic E-state index is -0.0616. The summed E-state index contributed by atoms with van der Waals surface area (Å²) in [7, 11) is 1.73. The first-order valence-corrected chi connectivity index (χ1v) is 7.24. The van der Waals surface area contributed by atoms with E-state index in [2.05, 4.69) is 26.1 Å². The number of hydrogen-bond donors (Lipinski definition) is 0. The molecule has 2 aromatic heterocycles.